The molecule has 2 amide bonds. The van der Waals surface area contributed by atoms with E-state index in [4.69, 9.17) is 0 Å². The van der Waals surface area contributed by atoms with E-state index in [2.05, 4.69) is 11.9 Å². The highest BCUT2D eigenvalue weighted by Crippen LogP contribution is 2.20. The van der Waals surface area contributed by atoms with Gasteiger partial charge in [0.1, 0.15) is 6.04 Å². The number of carbonyl (C=O) groups excluding carboxylic acids is 1. The Morgan fingerprint density at radius 2 is 1.95 bits per heavy atom. The third kappa shape index (κ3) is 3.23. The molecule has 2 unspecified atom stereocenters. The minimum atomic E-state index is -0.885. The summed E-state index contributed by atoms with van der Waals surface area (Å²) >= 11 is 0. The van der Waals surface area contributed by atoms with Crippen molar-refractivity contribution in [1.82, 2.24) is 14.7 Å². The van der Waals surface area contributed by atoms with Crippen molar-refractivity contribution in [3.63, 3.8) is 0 Å². The summed E-state index contributed by atoms with van der Waals surface area (Å²) in [5.74, 6) is -0.885. The second-order valence-corrected chi connectivity index (χ2v) is 5.98. The van der Waals surface area contributed by atoms with E-state index in [0.717, 1.165) is 25.8 Å². The van der Waals surface area contributed by atoms with Crippen molar-refractivity contribution in [3.05, 3.63) is 0 Å². The first-order chi connectivity index (χ1) is 9.50. The molecular weight excluding hydrogens is 258 g/mol. The van der Waals surface area contributed by atoms with E-state index in [1.165, 1.54) is 11.3 Å². The van der Waals surface area contributed by atoms with Crippen LogP contribution in [0.4, 0.5) is 4.79 Å². The van der Waals surface area contributed by atoms with Crippen molar-refractivity contribution >= 4 is 12.0 Å². The number of hydrogen-bond acceptors (Lipinski definition) is 3. The maximum absolute atomic E-state index is 12.5. The first-order valence-electron chi connectivity index (χ1n) is 7.45. The van der Waals surface area contributed by atoms with E-state index >= 15 is 0 Å². The van der Waals surface area contributed by atoms with Gasteiger partial charge in [-0.15, -0.1) is 0 Å². The number of likely N-dealkylation sites (tertiary alicyclic amines) is 2. The van der Waals surface area contributed by atoms with E-state index in [9.17, 15) is 14.7 Å². The first kappa shape index (κ1) is 15.1. The van der Waals surface area contributed by atoms with Crippen LogP contribution < -0.4 is 0 Å². The molecule has 114 valence electrons. The average Bonchev–Trinajstić information content (AvgIpc) is 2.83. The van der Waals surface area contributed by atoms with Crippen LogP contribution in [0.15, 0.2) is 0 Å². The van der Waals surface area contributed by atoms with Gasteiger partial charge in [-0.25, -0.2) is 9.59 Å². The molecule has 2 heterocycles. The van der Waals surface area contributed by atoms with Crippen LogP contribution in [-0.2, 0) is 4.79 Å². The zero-order chi connectivity index (χ0) is 14.7. The quantitative estimate of drug-likeness (QED) is 0.841. The molecule has 1 N–H and O–H groups in total. The molecule has 20 heavy (non-hydrogen) atoms. The van der Waals surface area contributed by atoms with Crippen LogP contribution in [0, 0.1) is 0 Å². The molecule has 0 bridgehead atoms. The maximum atomic E-state index is 12.5. The standard InChI is InChI=1S/C14H25N3O3/c1-15-8-5-6-11(15)10-16(2)14(20)17-9-4-3-7-12(17)13(18)19/h11-12H,3-10H2,1-2H3,(H,18,19). The molecule has 6 heteroatoms. The van der Waals surface area contributed by atoms with Gasteiger partial charge in [0.15, 0.2) is 0 Å². The van der Waals surface area contributed by atoms with Crippen LogP contribution in [0.25, 0.3) is 0 Å². The lowest BCUT2D eigenvalue weighted by Crippen LogP contribution is -2.53. The van der Waals surface area contributed by atoms with E-state index in [1.54, 1.807) is 11.9 Å². The highest BCUT2D eigenvalue weighted by Gasteiger charge is 2.34. The summed E-state index contributed by atoms with van der Waals surface area (Å²) in [5.41, 5.74) is 0. The highest BCUT2D eigenvalue weighted by molar-refractivity contribution is 5.82. The molecule has 0 saturated carbocycles. The Morgan fingerprint density at radius 3 is 2.55 bits per heavy atom. The fourth-order valence-electron chi connectivity index (χ4n) is 3.24. The van der Waals surface area contributed by atoms with Crippen LogP contribution in [0.2, 0.25) is 0 Å². The topological polar surface area (TPSA) is 64.1 Å². The molecule has 0 aromatic rings. The predicted molar refractivity (Wildman–Crippen MR) is 75.7 cm³/mol. The molecule has 2 aliphatic rings. The smallest absolute Gasteiger partial charge is 0.326 e. The van der Waals surface area contributed by atoms with Crippen LogP contribution in [-0.4, -0.2) is 77.6 Å². The van der Waals surface area contributed by atoms with Crippen LogP contribution in [0.3, 0.4) is 0 Å². The summed E-state index contributed by atoms with van der Waals surface area (Å²) < 4.78 is 0. The Balaban J connectivity index is 1.95. The van der Waals surface area contributed by atoms with E-state index in [0.29, 0.717) is 25.6 Å². The average molecular weight is 283 g/mol. The van der Waals surface area contributed by atoms with Gasteiger partial charge in [-0.05, 0) is 45.7 Å². The molecule has 0 aliphatic carbocycles. The summed E-state index contributed by atoms with van der Waals surface area (Å²) in [6, 6.07) is -0.394. The molecule has 2 rings (SSSR count). The van der Waals surface area contributed by atoms with Crippen LogP contribution >= 0.6 is 0 Å². The van der Waals surface area contributed by atoms with Gasteiger partial charge in [0.25, 0.3) is 0 Å². The van der Waals surface area contributed by atoms with Gasteiger partial charge in [-0.1, -0.05) is 0 Å². The fourth-order valence-corrected chi connectivity index (χ4v) is 3.24. The Kier molecular flexibility index (Phi) is 4.86. The van der Waals surface area contributed by atoms with Crippen LogP contribution in [0.1, 0.15) is 32.1 Å². The lowest BCUT2D eigenvalue weighted by atomic mass is 10.0. The molecular formula is C14H25N3O3. The second-order valence-electron chi connectivity index (χ2n) is 5.98. The Morgan fingerprint density at radius 1 is 1.20 bits per heavy atom. The minimum Gasteiger partial charge on any atom is -0.480 e. The van der Waals surface area contributed by atoms with E-state index < -0.39 is 12.0 Å². The fraction of sp³-hybridized carbons (Fsp3) is 0.857. The van der Waals surface area contributed by atoms with Gasteiger partial charge < -0.3 is 19.8 Å². The van der Waals surface area contributed by atoms with Gasteiger partial charge >= 0.3 is 12.0 Å². The Hall–Kier alpha value is -1.30. The number of amides is 2. The van der Waals surface area contributed by atoms with Crippen molar-refractivity contribution in [3.8, 4) is 0 Å². The minimum absolute atomic E-state index is 0.141. The van der Waals surface area contributed by atoms with E-state index in [-0.39, 0.29) is 6.03 Å². The van der Waals surface area contributed by atoms with Gasteiger partial charge in [-0.3, -0.25) is 0 Å². The zero-order valence-corrected chi connectivity index (χ0v) is 12.4. The summed E-state index contributed by atoms with van der Waals surface area (Å²) in [6.45, 7) is 2.31. The molecule has 2 atom stereocenters. The lowest BCUT2D eigenvalue weighted by Gasteiger charge is -2.37. The molecule has 2 fully saturated rings. The number of carboxylic acids is 1. The van der Waals surface area contributed by atoms with Crippen molar-refractivity contribution in [2.45, 2.75) is 44.2 Å². The molecule has 0 radical (unpaired) electrons. The monoisotopic (exact) mass is 283 g/mol. The highest BCUT2D eigenvalue weighted by atomic mass is 16.4. The largest absolute Gasteiger partial charge is 0.480 e. The number of likely N-dealkylation sites (N-methyl/N-ethyl adjacent to an activating group) is 2. The van der Waals surface area contributed by atoms with Gasteiger partial charge in [0.2, 0.25) is 0 Å². The number of nitrogens with zero attached hydrogens (tertiary/aromatic N) is 3. The third-order valence-electron chi connectivity index (χ3n) is 4.52. The van der Waals surface area contributed by atoms with Crippen molar-refractivity contribution in [1.29, 1.82) is 0 Å². The number of hydrogen-bond donors (Lipinski definition) is 1. The van der Waals surface area contributed by atoms with E-state index in [1.807, 2.05) is 0 Å². The summed E-state index contributed by atoms with van der Waals surface area (Å²) in [5, 5.41) is 9.24. The third-order valence-corrected chi connectivity index (χ3v) is 4.52. The number of piperidine rings is 1. The normalized spacial score (nSPS) is 27.6. The molecule has 2 aliphatic heterocycles. The number of carbonyl (C=O) groups is 2. The zero-order valence-electron chi connectivity index (χ0n) is 12.4. The second kappa shape index (κ2) is 6.43. The predicted octanol–water partition coefficient (Wildman–Crippen LogP) is 1.07. The maximum Gasteiger partial charge on any atom is 0.326 e. The number of urea groups is 1. The van der Waals surface area contributed by atoms with Gasteiger partial charge in [0.05, 0.1) is 0 Å². The lowest BCUT2D eigenvalue weighted by molar-refractivity contribution is -0.143. The number of rotatable bonds is 3. The number of carboxylic acid groups (broad SMARTS) is 1. The first-order valence-corrected chi connectivity index (χ1v) is 7.45. The summed E-state index contributed by atoms with van der Waals surface area (Å²) in [6.07, 6.45) is 4.63. The van der Waals surface area contributed by atoms with Gasteiger partial charge in [0, 0.05) is 26.2 Å². The SMILES string of the molecule is CN(CC1CCCN1C)C(=O)N1CCCCC1C(=O)O. The molecule has 0 aromatic carbocycles. The van der Waals surface area contributed by atoms with Crippen molar-refractivity contribution in [2.75, 3.05) is 33.7 Å². The summed E-state index contributed by atoms with van der Waals surface area (Å²) in [4.78, 5) is 29.2. The summed E-state index contributed by atoms with van der Waals surface area (Å²) in [7, 11) is 3.86. The molecule has 6 nitrogen and oxygen atoms in total. The van der Waals surface area contributed by atoms with Gasteiger partial charge in [-0.2, -0.15) is 0 Å². The van der Waals surface area contributed by atoms with Crippen molar-refractivity contribution in [2.24, 2.45) is 0 Å². The Labute approximate surface area is 120 Å². The Bertz CT molecular complexity index is 375. The molecule has 0 spiro atoms. The molecule has 0 aromatic heterocycles. The number of aliphatic carboxylic acids is 1. The molecule has 2 saturated heterocycles. The van der Waals surface area contributed by atoms with Crippen LogP contribution in [0.5, 0.6) is 0 Å². The van der Waals surface area contributed by atoms with Crippen molar-refractivity contribution < 1.29 is 14.7 Å².